The number of carbonyl (C=O) groups excluding carboxylic acids is 2. The van der Waals surface area contributed by atoms with E-state index in [1.165, 1.54) is 4.90 Å². The van der Waals surface area contributed by atoms with Gasteiger partial charge in [-0.2, -0.15) is 0 Å². The third-order valence-electron chi connectivity index (χ3n) is 4.34. The largest absolute Gasteiger partial charge is 0.497 e. The van der Waals surface area contributed by atoms with Crippen LogP contribution in [-0.4, -0.2) is 25.5 Å². The van der Waals surface area contributed by atoms with Crippen molar-refractivity contribution in [3.05, 3.63) is 58.1 Å². The van der Waals surface area contributed by atoms with E-state index >= 15 is 0 Å². The molecule has 1 heterocycles. The molecule has 0 bridgehead atoms. The maximum Gasteiger partial charge on any atom is 0.227 e. The van der Waals surface area contributed by atoms with Crippen LogP contribution in [0.1, 0.15) is 12.0 Å². The standard InChI is InChI=1S/C19H18Cl2N2O3/c1-26-14-7-5-12(6-8-14)10-22-19(25)13-9-17(24)23(11-13)16-4-2-3-15(20)18(16)21/h2-8,13H,9-11H2,1H3,(H,22,25). The number of nitrogens with one attached hydrogen (secondary N) is 1. The molecular formula is C19H18Cl2N2O3. The minimum absolute atomic E-state index is 0.140. The highest BCUT2D eigenvalue weighted by Gasteiger charge is 2.36. The maximum atomic E-state index is 12.4. The molecule has 0 radical (unpaired) electrons. The van der Waals surface area contributed by atoms with Crippen molar-refractivity contribution in [2.45, 2.75) is 13.0 Å². The van der Waals surface area contributed by atoms with Crippen LogP contribution in [0.25, 0.3) is 0 Å². The van der Waals surface area contributed by atoms with E-state index < -0.39 is 5.92 Å². The lowest BCUT2D eigenvalue weighted by Crippen LogP contribution is -2.32. The molecule has 26 heavy (non-hydrogen) atoms. The van der Waals surface area contributed by atoms with E-state index in [2.05, 4.69) is 5.32 Å². The van der Waals surface area contributed by atoms with Gasteiger partial charge in [-0.1, -0.05) is 41.4 Å². The molecule has 1 unspecified atom stereocenters. The number of amides is 2. The van der Waals surface area contributed by atoms with Gasteiger partial charge in [0.15, 0.2) is 0 Å². The predicted molar refractivity (Wildman–Crippen MR) is 102 cm³/mol. The van der Waals surface area contributed by atoms with E-state index in [0.29, 0.717) is 22.3 Å². The molecule has 2 aromatic rings. The first-order chi connectivity index (χ1) is 12.5. The van der Waals surface area contributed by atoms with Crippen molar-refractivity contribution in [3.63, 3.8) is 0 Å². The second-order valence-corrected chi connectivity index (χ2v) is 6.83. The van der Waals surface area contributed by atoms with Gasteiger partial charge in [-0.15, -0.1) is 0 Å². The Kier molecular flexibility index (Phi) is 5.69. The molecule has 0 aromatic heterocycles. The predicted octanol–water partition coefficient (Wildman–Crippen LogP) is 3.67. The van der Waals surface area contributed by atoms with Gasteiger partial charge in [-0.25, -0.2) is 0 Å². The first kappa shape index (κ1) is 18.5. The molecule has 2 aromatic carbocycles. The average Bonchev–Trinajstić information content (AvgIpc) is 3.04. The van der Waals surface area contributed by atoms with Gasteiger partial charge >= 0.3 is 0 Å². The molecule has 1 aliphatic heterocycles. The van der Waals surface area contributed by atoms with Crippen molar-refractivity contribution < 1.29 is 14.3 Å². The van der Waals surface area contributed by atoms with Crippen LogP contribution in [0.4, 0.5) is 5.69 Å². The molecule has 1 aliphatic rings. The fourth-order valence-corrected chi connectivity index (χ4v) is 3.29. The molecular weight excluding hydrogens is 375 g/mol. The summed E-state index contributed by atoms with van der Waals surface area (Å²) < 4.78 is 5.11. The molecule has 0 aliphatic carbocycles. The molecule has 1 saturated heterocycles. The van der Waals surface area contributed by atoms with Crippen molar-refractivity contribution >= 4 is 40.7 Å². The van der Waals surface area contributed by atoms with Crippen molar-refractivity contribution in [1.29, 1.82) is 0 Å². The smallest absolute Gasteiger partial charge is 0.227 e. The van der Waals surface area contributed by atoms with Crippen LogP contribution in [-0.2, 0) is 16.1 Å². The van der Waals surface area contributed by atoms with Gasteiger partial charge in [0.05, 0.1) is 28.8 Å². The molecule has 136 valence electrons. The van der Waals surface area contributed by atoms with E-state index in [1.807, 2.05) is 24.3 Å². The van der Waals surface area contributed by atoms with Crippen LogP contribution < -0.4 is 15.0 Å². The Balaban J connectivity index is 1.62. The highest BCUT2D eigenvalue weighted by Crippen LogP contribution is 2.35. The Morgan fingerprint density at radius 3 is 2.65 bits per heavy atom. The fourth-order valence-electron chi connectivity index (χ4n) is 2.89. The van der Waals surface area contributed by atoms with Crippen LogP contribution in [0.3, 0.4) is 0 Å². The first-order valence-corrected chi connectivity index (χ1v) is 8.90. The Morgan fingerprint density at radius 2 is 1.96 bits per heavy atom. The highest BCUT2D eigenvalue weighted by molar-refractivity contribution is 6.44. The molecule has 1 atom stereocenters. The SMILES string of the molecule is COc1ccc(CNC(=O)C2CC(=O)N(c3cccc(Cl)c3Cl)C2)cc1. The van der Waals surface area contributed by atoms with Crippen LogP contribution in [0, 0.1) is 5.92 Å². The minimum Gasteiger partial charge on any atom is -0.497 e. The lowest BCUT2D eigenvalue weighted by molar-refractivity contribution is -0.126. The summed E-state index contributed by atoms with van der Waals surface area (Å²) in [6.45, 7) is 0.679. The van der Waals surface area contributed by atoms with Crippen molar-refractivity contribution in [2.24, 2.45) is 5.92 Å². The second kappa shape index (κ2) is 7.98. The van der Waals surface area contributed by atoms with Gasteiger partial charge in [0.1, 0.15) is 5.75 Å². The molecule has 0 saturated carbocycles. The van der Waals surface area contributed by atoms with E-state index in [4.69, 9.17) is 27.9 Å². The number of benzene rings is 2. The molecule has 3 rings (SSSR count). The highest BCUT2D eigenvalue weighted by atomic mass is 35.5. The minimum atomic E-state index is -0.421. The lowest BCUT2D eigenvalue weighted by Gasteiger charge is -2.18. The number of rotatable bonds is 5. The summed E-state index contributed by atoms with van der Waals surface area (Å²) in [5, 5.41) is 3.58. The van der Waals surface area contributed by atoms with E-state index in [-0.39, 0.29) is 24.8 Å². The van der Waals surface area contributed by atoms with Crippen LogP contribution in [0.5, 0.6) is 5.75 Å². The number of anilines is 1. The molecule has 7 heteroatoms. The van der Waals surface area contributed by atoms with Crippen LogP contribution in [0.15, 0.2) is 42.5 Å². The van der Waals surface area contributed by atoms with Gasteiger partial charge < -0.3 is 15.0 Å². The molecule has 5 nitrogen and oxygen atoms in total. The Bertz CT molecular complexity index is 824. The summed E-state index contributed by atoms with van der Waals surface area (Å²) in [4.78, 5) is 26.3. The summed E-state index contributed by atoms with van der Waals surface area (Å²) in [5.74, 6) is 0.0416. The van der Waals surface area contributed by atoms with E-state index in [0.717, 1.165) is 11.3 Å². The number of ether oxygens (including phenoxy) is 1. The summed E-state index contributed by atoms with van der Waals surface area (Å²) in [5.41, 5.74) is 1.49. The van der Waals surface area contributed by atoms with Crippen LogP contribution >= 0.6 is 23.2 Å². The third kappa shape index (κ3) is 3.94. The number of methoxy groups -OCH3 is 1. The van der Waals surface area contributed by atoms with Gasteiger partial charge in [0.2, 0.25) is 11.8 Å². The topological polar surface area (TPSA) is 58.6 Å². The van der Waals surface area contributed by atoms with Crippen molar-refractivity contribution in [2.75, 3.05) is 18.6 Å². The maximum absolute atomic E-state index is 12.4. The fraction of sp³-hybridized carbons (Fsp3) is 0.263. The molecule has 0 spiro atoms. The van der Waals surface area contributed by atoms with Crippen LogP contribution in [0.2, 0.25) is 10.0 Å². The summed E-state index contributed by atoms with van der Waals surface area (Å²) >= 11 is 12.2. The zero-order chi connectivity index (χ0) is 18.7. The van der Waals surface area contributed by atoms with Gasteiger partial charge in [-0.3, -0.25) is 9.59 Å². The second-order valence-electron chi connectivity index (χ2n) is 6.04. The monoisotopic (exact) mass is 392 g/mol. The summed E-state index contributed by atoms with van der Waals surface area (Å²) in [6, 6.07) is 12.6. The van der Waals surface area contributed by atoms with Crippen molar-refractivity contribution in [3.8, 4) is 5.75 Å². The Hall–Kier alpha value is -2.24. The van der Waals surface area contributed by atoms with Crippen molar-refractivity contribution in [1.82, 2.24) is 5.32 Å². The number of hydrogen-bond donors (Lipinski definition) is 1. The van der Waals surface area contributed by atoms with Gasteiger partial charge in [-0.05, 0) is 29.8 Å². The first-order valence-electron chi connectivity index (χ1n) is 8.14. The molecule has 1 N–H and O–H groups in total. The molecule has 1 fully saturated rings. The summed E-state index contributed by atoms with van der Waals surface area (Å²) in [6.07, 6.45) is 0.150. The number of hydrogen-bond acceptors (Lipinski definition) is 3. The van der Waals surface area contributed by atoms with Gasteiger partial charge in [0.25, 0.3) is 0 Å². The summed E-state index contributed by atoms with van der Waals surface area (Å²) in [7, 11) is 1.60. The lowest BCUT2D eigenvalue weighted by atomic mass is 10.1. The van der Waals surface area contributed by atoms with Gasteiger partial charge in [0, 0.05) is 19.5 Å². The number of halogens is 2. The van der Waals surface area contributed by atoms with E-state index in [1.54, 1.807) is 25.3 Å². The normalized spacial score (nSPS) is 16.7. The Morgan fingerprint density at radius 1 is 1.23 bits per heavy atom. The number of carbonyl (C=O) groups is 2. The molecule has 2 amide bonds. The van der Waals surface area contributed by atoms with E-state index in [9.17, 15) is 9.59 Å². The number of nitrogens with zero attached hydrogens (tertiary/aromatic N) is 1. The third-order valence-corrected chi connectivity index (χ3v) is 5.15. The quantitative estimate of drug-likeness (QED) is 0.844. The average molecular weight is 393 g/mol. The zero-order valence-electron chi connectivity index (χ0n) is 14.2. The Labute approximate surface area is 161 Å². The zero-order valence-corrected chi connectivity index (χ0v) is 15.7.